The van der Waals surface area contributed by atoms with E-state index in [-0.39, 0.29) is 35.8 Å². The highest BCUT2D eigenvalue weighted by Gasteiger charge is 2.32. The molecular weight excluding hydrogens is 428 g/mol. The van der Waals surface area contributed by atoms with Crippen LogP contribution in [0.4, 0.5) is 0 Å². The molecule has 8 heteroatoms. The average molecular weight is 465 g/mol. The van der Waals surface area contributed by atoms with Crippen molar-refractivity contribution in [3.63, 3.8) is 0 Å². The van der Waals surface area contributed by atoms with E-state index in [1.165, 1.54) is 18.1 Å². The Labute approximate surface area is 201 Å². The predicted octanol–water partition coefficient (Wildman–Crippen LogP) is 1.57. The third kappa shape index (κ3) is 7.59. The zero-order chi connectivity index (χ0) is 24.3. The number of rotatable bonds is 10. The Kier molecular flexibility index (Phi) is 9.46. The minimum atomic E-state index is -0.359. The first-order valence-electron chi connectivity index (χ1n) is 11.9. The average Bonchev–Trinajstić information content (AvgIpc) is 2.98. The maximum absolute atomic E-state index is 13.6. The summed E-state index contributed by atoms with van der Waals surface area (Å²) in [6.07, 6.45) is 2.06. The monoisotopic (exact) mass is 464 g/mol. The standard InChI is InChI=1S/C26H36N6O2/c1-19(33)30-17-22-14-16-32(25(34)24(31-22)13-8-15-29-26(27)28)18-23(20-9-4-2-5-10-20)21-11-6-3-7-12-21/h2-7,9-12,22-24,31H,8,13-18H2,1H3,(H,30,33)(H4,27,28,29). The van der Waals surface area contributed by atoms with Crippen LogP contribution in [0.5, 0.6) is 0 Å². The van der Waals surface area contributed by atoms with Gasteiger partial charge in [0.2, 0.25) is 11.8 Å². The Morgan fingerprint density at radius 1 is 1.12 bits per heavy atom. The van der Waals surface area contributed by atoms with Crippen LogP contribution in [-0.2, 0) is 9.59 Å². The van der Waals surface area contributed by atoms with Crippen molar-refractivity contribution in [2.24, 2.45) is 16.5 Å². The maximum Gasteiger partial charge on any atom is 0.239 e. The molecule has 2 aromatic carbocycles. The minimum absolute atomic E-state index is 0.0119. The Morgan fingerprint density at radius 2 is 1.74 bits per heavy atom. The quantitative estimate of drug-likeness (QED) is 0.241. The molecule has 0 bridgehead atoms. The van der Waals surface area contributed by atoms with E-state index in [1.807, 2.05) is 41.3 Å². The van der Waals surface area contributed by atoms with Gasteiger partial charge in [-0.1, -0.05) is 60.7 Å². The van der Waals surface area contributed by atoms with Crippen molar-refractivity contribution in [3.05, 3.63) is 71.8 Å². The smallest absolute Gasteiger partial charge is 0.239 e. The molecule has 0 radical (unpaired) electrons. The van der Waals surface area contributed by atoms with E-state index in [0.717, 1.165) is 6.42 Å². The van der Waals surface area contributed by atoms with Crippen molar-refractivity contribution in [1.29, 1.82) is 0 Å². The van der Waals surface area contributed by atoms with Crippen molar-refractivity contribution >= 4 is 17.8 Å². The van der Waals surface area contributed by atoms with Crippen molar-refractivity contribution in [1.82, 2.24) is 15.5 Å². The van der Waals surface area contributed by atoms with Crippen LogP contribution in [0.3, 0.4) is 0 Å². The lowest BCUT2D eigenvalue weighted by Crippen LogP contribution is -2.49. The topological polar surface area (TPSA) is 126 Å². The molecule has 6 N–H and O–H groups in total. The van der Waals surface area contributed by atoms with E-state index >= 15 is 0 Å². The molecule has 0 spiro atoms. The lowest BCUT2D eigenvalue weighted by Gasteiger charge is -2.29. The first kappa shape index (κ1) is 25.2. The van der Waals surface area contributed by atoms with Crippen LogP contribution in [-0.4, -0.2) is 60.9 Å². The zero-order valence-electron chi connectivity index (χ0n) is 19.8. The van der Waals surface area contributed by atoms with Crippen molar-refractivity contribution < 1.29 is 9.59 Å². The molecule has 2 amide bonds. The first-order valence-corrected chi connectivity index (χ1v) is 11.9. The van der Waals surface area contributed by atoms with Crippen LogP contribution in [0.25, 0.3) is 0 Å². The normalized spacial score (nSPS) is 18.4. The summed E-state index contributed by atoms with van der Waals surface area (Å²) in [7, 11) is 0. The van der Waals surface area contributed by atoms with Gasteiger partial charge in [0.15, 0.2) is 5.96 Å². The summed E-state index contributed by atoms with van der Waals surface area (Å²) in [5.74, 6) is 0.123. The summed E-state index contributed by atoms with van der Waals surface area (Å²) in [5.41, 5.74) is 13.2. The Morgan fingerprint density at radius 3 is 2.29 bits per heavy atom. The van der Waals surface area contributed by atoms with Gasteiger partial charge >= 0.3 is 0 Å². The molecule has 0 aliphatic carbocycles. The number of amides is 2. The van der Waals surface area contributed by atoms with Gasteiger partial charge in [0.1, 0.15) is 0 Å². The number of aliphatic imine (C=N–C) groups is 1. The molecule has 2 atom stereocenters. The number of carbonyl (C=O) groups excluding carboxylic acids is 2. The molecule has 1 fully saturated rings. The number of hydrogen-bond donors (Lipinski definition) is 4. The number of guanidine groups is 1. The van der Waals surface area contributed by atoms with Gasteiger partial charge in [0, 0.05) is 45.1 Å². The van der Waals surface area contributed by atoms with Gasteiger partial charge < -0.3 is 27.0 Å². The number of nitrogens with zero attached hydrogens (tertiary/aromatic N) is 2. The summed E-state index contributed by atoms with van der Waals surface area (Å²) >= 11 is 0. The van der Waals surface area contributed by atoms with Crippen LogP contribution >= 0.6 is 0 Å². The molecule has 2 aromatic rings. The van der Waals surface area contributed by atoms with E-state index in [2.05, 4.69) is 39.9 Å². The number of carbonyl (C=O) groups is 2. The fourth-order valence-corrected chi connectivity index (χ4v) is 4.40. The molecule has 0 aromatic heterocycles. The molecule has 3 rings (SSSR count). The van der Waals surface area contributed by atoms with E-state index in [9.17, 15) is 9.59 Å². The number of nitrogens with one attached hydrogen (secondary N) is 2. The zero-order valence-corrected chi connectivity index (χ0v) is 19.8. The van der Waals surface area contributed by atoms with Gasteiger partial charge in [-0.2, -0.15) is 0 Å². The van der Waals surface area contributed by atoms with Crippen LogP contribution in [0.2, 0.25) is 0 Å². The Balaban J connectivity index is 1.80. The van der Waals surface area contributed by atoms with Crippen molar-refractivity contribution in [2.45, 2.75) is 44.2 Å². The largest absolute Gasteiger partial charge is 0.370 e. The van der Waals surface area contributed by atoms with Gasteiger partial charge in [0.25, 0.3) is 0 Å². The lowest BCUT2D eigenvalue weighted by atomic mass is 9.90. The second-order valence-corrected chi connectivity index (χ2v) is 8.75. The summed E-state index contributed by atoms with van der Waals surface area (Å²) in [5, 5.41) is 6.36. The summed E-state index contributed by atoms with van der Waals surface area (Å²) in [6.45, 7) is 3.68. The van der Waals surface area contributed by atoms with Crippen LogP contribution < -0.4 is 22.1 Å². The summed E-state index contributed by atoms with van der Waals surface area (Å²) in [4.78, 5) is 31.1. The highest BCUT2D eigenvalue weighted by atomic mass is 16.2. The molecule has 1 aliphatic heterocycles. The molecule has 1 saturated heterocycles. The Bertz CT molecular complexity index is 907. The van der Waals surface area contributed by atoms with Gasteiger partial charge in [-0.3, -0.25) is 14.6 Å². The molecule has 1 aliphatic rings. The number of nitrogens with two attached hydrogens (primary N) is 2. The van der Waals surface area contributed by atoms with E-state index < -0.39 is 0 Å². The molecule has 0 saturated carbocycles. The third-order valence-corrected chi connectivity index (χ3v) is 6.14. The van der Waals surface area contributed by atoms with Crippen molar-refractivity contribution in [3.8, 4) is 0 Å². The molecule has 2 unspecified atom stereocenters. The third-order valence-electron chi connectivity index (χ3n) is 6.14. The predicted molar refractivity (Wildman–Crippen MR) is 135 cm³/mol. The second-order valence-electron chi connectivity index (χ2n) is 8.75. The Hall–Kier alpha value is -3.39. The molecule has 182 valence electrons. The maximum atomic E-state index is 13.6. The van der Waals surface area contributed by atoms with Gasteiger partial charge in [-0.05, 0) is 30.4 Å². The molecule has 1 heterocycles. The summed E-state index contributed by atoms with van der Waals surface area (Å²) < 4.78 is 0. The van der Waals surface area contributed by atoms with E-state index in [0.29, 0.717) is 39.0 Å². The highest BCUT2D eigenvalue weighted by Crippen LogP contribution is 2.27. The fourth-order valence-electron chi connectivity index (χ4n) is 4.40. The molecule has 34 heavy (non-hydrogen) atoms. The second kappa shape index (κ2) is 12.7. The van der Waals surface area contributed by atoms with Gasteiger partial charge in [-0.15, -0.1) is 0 Å². The van der Waals surface area contributed by atoms with E-state index in [1.54, 1.807) is 0 Å². The first-order chi connectivity index (χ1) is 16.4. The van der Waals surface area contributed by atoms with Crippen LogP contribution in [0.15, 0.2) is 65.7 Å². The fraction of sp³-hybridized carbons (Fsp3) is 0.423. The lowest BCUT2D eigenvalue weighted by molar-refractivity contribution is -0.133. The highest BCUT2D eigenvalue weighted by molar-refractivity contribution is 5.82. The summed E-state index contributed by atoms with van der Waals surface area (Å²) in [6, 6.07) is 20.3. The van der Waals surface area contributed by atoms with E-state index in [4.69, 9.17) is 11.5 Å². The molecule has 8 nitrogen and oxygen atoms in total. The van der Waals surface area contributed by atoms with Crippen LogP contribution in [0, 0.1) is 0 Å². The van der Waals surface area contributed by atoms with Gasteiger partial charge in [0.05, 0.1) is 6.04 Å². The minimum Gasteiger partial charge on any atom is -0.370 e. The van der Waals surface area contributed by atoms with Crippen LogP contribution in [0.1, 0.15) is 43.2 Å². The van der Waals surface area contributed by atoms with Gasteiger partial charge in [-0.25, -0.2) is 0 Å². The number of hydrogen-bond acceptors (Lipinski definition) is 4. The van der Waals surface area contributed by atoms with Crippen molar-refractivity contribution in [2.75, 3.05) is 26.2 Å². The molecular formula is C26H36N6O2. The SMILES string of the molecule is CC(=O)NCC1CCN(CC(c2ccccc2)c2ccccc2)C(=O)C(CCCN=C(N)N)N1. The number of benzene rings is 2.